The van der Waals surface area contributed by atoms with E-state index < -0.39 is 23.3 Å². The zero-order chi connectivity index (χ0) is 23.7. The summed E-state index contributed by atoms with van der Waals surface area (Å²) in [5.74, 6) is -2.50. The fourth-order valence-electron chi connectivity index (χ4n) is 2.43. The summed E-state index contributed by atoms with van der Waals surface area (Å²) in [6.45, 7) is 2.46. The van der Waals surface area contributed by atoms with Gasteiger partial charge in [-0.2, -0.15) is 5.11 Å². The fourth-order valence-corrected chi connectivity index (χ4v) is 2.43. The third kappa shape index (κ3) is 6.96. The van der Waals surface area contributed by atoms with E-state index in [9.17, 15) is 19.5 Å². The van der Waals surface area contributed by atoms with Crippen LogP contribution in [0.2, 0.25) is 0 Å². The van der Waals surface area contributed by atoms with Crippen molar-refractivity contribution >= 4 is 40.4 Å². The Kier molecular flexibility index (Phi) is 8.49. The number of anilines is 2. The lowest BCUT2D eigenvalue weighted by Crippen LogP contribution is -2.27. The van der Waals surface area contributed by atoms with Crippen LogP contribution in [0.3, 0.4) is 0 Å². The number of azo groups is 1. The molecule has 2 aromatic rings. The van der Waals surface area contributed by atoms with Crippen molar-refractivity contribution in [1.82, 2.24) is 0 Å². The maximum Gasteiger partial charge on any atom is 0.279 e. The number of nitrogens with one attached hydrogen (secondary N) is 3. The van der Waals surface area contributed by atoms with Crippen molar-refractivity contribution in [2.45, 2.75) is 20.3 Å². The van der Waals surface area contributed by atoms with E-state index in [0.717, 1.165) is 12.5 Å². The SMILES string of the molecule is CC(=O)C(=N)C(=O)Nc1ccc(NC(=O)/C(N=Nc2ccc(CCO)cc2)=C(/C)O)cc1. The first kappa shape index (κ1) is 24.1. The molecule has 0 aromatic heterocycles. The van der Waals surface area contributed by atoms with Gasteiger partial charge in [0.1, 0.15) is 5.76 Å². The summed E-state index contributed by atoms with van der Waals surface area (Å²) in [5, 5.41) is 38.9. The number of rotatable bonds is 9. The van der Waals surface area contributed by atoms with Crippen LogP contribution < -0.4 is 10.6 Å². The number of benzene rings is 2. The maximum atomic E-state index is 12.5. The molecule has 0 aliphatic heterocycles. The van der Waals surface area contributed by atoms with Gasteiger partial charge in [0.05, 0.1) is 5.69 Å². The van der Waals surface area contributed by atoms with Crippen molar-refractivity contribution in [2.24, 2.45) is 10.2 Å². The minimum Gasteiger partial charge on any atom is -0.510 e. The zero-order valence-electron chi connectivity index (χ0n) is 17.5. The molecule has 2 amide bonds. The van der Waals surface area contributed by atoms with Crippen molar-refractivity contribution < 1.29 is 24.6 Å². The molecule has 0 atom stereocenters. The summed E-state index contributed by atoms with van der Waals surface area (Å²) in [7, 11) is 0. The lowest BCUT2D eigenvalue weighted by Gasteiger charge is -2.08. The number of amides is 2. The van der Waals surface area contributed by atoms with E-state index in [2.05, 4.69) is 20.9 Å². The second kappa shape index (κ2) is 11.3. The molecule has 10 nitrogen and oxygen atoms in total. The van der Waals surface area contributed by atoms with Crippen LogP contribution in [0.15, 0.2) is 70.2 Å². The molecule has 0 aliphatic rings. The molecule has 0 aliphatic carbocycles. The van der Waals surface area contributed by atoms with E-state index in [1.54, 1.807) is 24.3 Å². The Bertz CT molecular complexity index is 1070. The summed E-state index contributed by atoms with van der Waals surface area (Å²) >= 11 is 0. The highest BCUT2D eigenvalue weighted by molar-refractivity contribution is 6.66. The second-order valence-corrected chi connectivity index (χ2v) is 6.69. The number of carbonyl (C=O) groups is 3. The van der Waals surface area contributed by atoms with Gasteiger partial charge < -0.3 is 20.8 Å². The van der Waals surface area contributed by atoms with Gasteiger partial charge in [-0.15, -0.1) is 5.11 Å². The number of aliphatic hydroxyl groups excluding tert-OH is 2. The van der Waals surface area contributed by atoms with E-state index in [1.807, 2.05) is 0 Å². The maximum absolute atomic E-state index is 12.5. The van der Waals surface area contributed by atoms with Gasteiger partial charge in [-0.3, -0.25) is 19.8 Å². The van der Waals surface area contributed by atoms with E-state index in [4.69, 9.17) is 10.5 Å². The Morgan fingerprint density at radius 1 is 0.906 bits per heavy atom. The Hall–Kier alpha value is -4.18. The lowest BCUT2D eigenvalue weighted by atomic mass is 10.1. The number of allylic oxidation sites excluding steroid dienone is 1. The Morgan fingerprint density at radius 2 is 1.44 bits per heavy atom. The third-order valence-electron chi connectivity index (χ3n) is 4.14. The second-order valence-electron chi connectivity index (χ2n) is 6.69. The van der Waals surface area contributed by atoms with Crippen LogP contribution in [-0.4, -0.2) is 40.1 Å². The van der Waals surface area contributed by atoms with Crippen molar-refractivity contribution in [1.29, 1.82) is 5.41 Å². The molecule has 0 heterocycles. The highest BCUT2D eigenvalue weighted by Crippen LogP contribution is 2.19. The first-order chi connectivity index (χ1) is 15.2. The standard InChI is InChI=1S/C22H23N5O5/c1-13(29)19(23)21(31)24-16-7-9-17(10-8-16)25-22(32)20(14(2)30)27-26-18-5-3-15(4-6-18)11-12-28/h3-10,23,28,30H,11-12H2,1-2H3,(H,24,31)(H,25,32)/b20-14+,23-19?,27-26?. The topological polar surface area (TPSA) is 164 Å². The predicted molar refractivity (Wildman–Crippen MR) is 119 cm³/mol. The molecular formula is C22H23N5O5. The van der Waals surface area contributed by atoms with Gasteiger partial charge in [0, 0.05) is 24.9 Å². The van der Waals surface area contributed by atoms with Crippen molar-refractivity contribution in [2.75, 3.05) is 17.2 Å². The highest BCUT2D eigenvalue weighted by atomic mass is 16.3. The normalized spacial score (nSPS) is 11.6. The van der Waals surface area contributed by atoms with Gasteiger partial charge in [0.15, 0.2) is 17.2 Å². The number of hydrogen-bond donors (Lipinski definition) is 5. The van der Waals surface area contributed by atoms with E-state index >= 15 is 0 Å². The van der Waals surface area contributed by atoms with Gasteiger partial charge in [0.2, 0.25) is 0 Å². The molecule has 5 N–H and O–H groups in total. The molecule has 32 heavy (non-hydrogen) atoms. The molecule has 0 saturated carbocycles. The Labute approximate surface area is 184 Å². The number of aliphatic hydroxyl groups is 2. The van der Waals surface area contributed by atoms with Crippen molar-refractivity contribution in [3.63, 3.8) is 0 Å². The predicted octanol–water partition coefficient (Wildman–Crippen LogP) is 3.28. The monoisotopic (exact) mass is 437 g/mol. The first-order valence-corrected chi connectivity index (χ1v) is 9.55. The number of carbonyl (C=O) groups excluding carboxylic acids is 3. The van der Waals surface area contributed by atoms with Gasteiger partial charge in [-0.25, -0.2) is 0 Å². The molecule has 0 spiro atoms. The lowest BCUT2D eigenvalue weighted by molar-refractivity contribution is -0.115. The van der Waals surface area contributed by atoms with Crippen LogP contribution >= 0.6 is 0 Å². The van der Waals surface area contributed by atoms with Crippen LogP contribution in [0, 0.1) is 5.41 Å². The molecule has 0 fully saturated rings. The van der Waals surface area contributed by atoms with Crippen LogP contribution in [0.4, 0.5) is 17.1 Å². The summed E-state index contributed by atoms with van der Waals surface area (Å²) in [6.07, 6.45) is 0.516. The average molecular weight is 437 g/mol. The van der Waals surface area contributed by atoms with Crippen LogP contribution in [-0.2, 0) is 20.8 Å². The first-order valence-electron chi connectivity index (χ1n) is 9.55. The van der Waals surface area contributed by atoms with Gasteiger partial charge in [-0.05, 0) is 55.3 Å². The summed E-state index contributed by atoms with van der Waals surface area (Å²) in [5.41, 5.74) is 1.14. The van der Waals surface area contributed by atoms with E-state index in [1.165, 1.54) is 31.2 Å². The molecule has 0 unspecified atom stereocenters. The van der Waals surface area contributed by atoms with E-state index in [0.29, 0.717) is 23.5 Å². The van der Waals surface area contributed by atoms with Crippen LogP contribution in [0.1, 0.15) is 19.4 Å². The largest absolute Gasteiger partial charge is 0.510 e. The molecule has 10 heteroatoms. The van der Waals surface area contributed by atoms with Crippen molar-refractivity contribution in [3.8, 4) is 0 Å². The molecule has 166 valence electrons. The average Bonchev–Trinajstić information content (AvgIpc) is 2.75. The van der Waals surface area contributed by atoms with Crippen molar-refractivity contribution in [3.05, 3.63) is 65.6 Å². The van der Waals surface area contributed by atoms with Gasteiger partial charge >= 0.3 is 0 Å². The van der Waals surface area contributed by atoms with E-state index in [-0.39, 0.29) is 18.1 Å². The van der Waals surface area contributed by atoms with Crippen LogP contribution in [0.25, 0.3) is 0 Å². The van der Waals surface area contributed by atoms with Gasteiger partial charge in [0.25, 0.3) is 11.8 Å². The fraction of sp³-hybridized carbons (Fsp3) is 0.182. The smallest absolute Gasteiger partial charge is 0.279 e. The summed E-state index contributed by atoms with van der Waals surface area (Å²) in [6, 6.07) is 12.8. The Balaban J connectivity index is 2.05. The van der Waals surface area contributed by atoms with Gasteiger partial charge in [-0.1, -0.05) is 12.1 Å². The molecule has 0 bridgehead atoms. The number of Topliss-reactive ketones (excluding diaryl/α,β-unsaturated/α-hetero) is 1. The number of nitrogens with zero attached hydrogens (tertiary/aromatic N) is 2. The number of ketones is 1. The molecular weight excluding hydrogens is 414 g/mol. The summed E-state index contributed by atoms with van der Waals surface area (Å²) < 4.78 is 0. The minimum atomic E-state index is -0.833. The molecule has 0 radical (unpaired) electrons. The quantitative estimate of drug-likeness (QED) is 0.133. The number of hydrogen-bond acceptors (Lipinski definition) is 8. The molecule has 2 rings (SSSR count). The molecule has 2 aromatic carbocycles. The zero-order valence-corrected chi connectivity index (χ0v) is 17.5. The van der Waals surface area contributed by atoms with Crippen LogP contribution in [0.5, 0.6) is 0 Å². The summed E-state index contributed by atoms with van der Waals surface area (Å²) in [4.78, 5) is 35.3. The molecule has 0 saturated heterocycles. The minimum absolute atomic E-state index is 0.0348. The highest BCUT2D eigenvalue weighted by Gasteiger charge is 2.15. The Morgan fingerprint density at radius 3 is 1.91 bits per heavy atom. The third-order valence-corrected chi connectivity index (χ3v) is 4.14.